The number of benzene rings is 1. The topological polar surface area (TPSA) is 32.8 Å². The van der Waals surface area contributed by atoms with Crippen LogP contribution in [0.2, 0.25) is 0 Å². The van der Waals surface area contributed by atoms with Gasteiger partial charge in [-0.3, -0.25) is 4.79 Å². The number of para-hydroxylation sites is 1. The largest absolute Gasteiger partial charge is 0.478 e. The smallest absolute Gasteiger partial charge is 0.263 e. The third kappa shape index (κ3) is 4.72. The van der Waals surface area contributed by atoms with Crippen molar-refractivity contribution in [3.8, 4) is 5.75 Å². The Morgan fingerprint density at radius 1 is 1.20 bits per heavy atom. The second-order valence-corrected chi connectivity index (χ2v) is 7.21. The van der Waals surface area contributed by atoms with Crippen LogP contribution in [0.3, 0.4) is 0 Å². The van der Waals surface area contributed by atoms with Gasteiger partial charge >= 0.3 is 0 Å². The van der Waals surface area contributed by atoms with Crippen molar-refractivity contribution in [3.05, 3.63) is 30.1 Å². The van der Waals surface area contributed by atoms with Crippen molar-refractivity contribution in [2.45, 2.75) is 57.6 Å². The number of likely N-dealkylation sites (tertiary alicyclic amines) is 2. The summed E-state index contributed by atoms with van der Waals surface area (Å²) in [5, 5.41) is 0. The average Bonchev–Trinajstić information content (AvgIpc) is 3.15. The molecule has 0 aromatic heterocycles. The number of amides is 1. The molecule has 1 aromatic rings. The van der Waals surface area contributed by atoms with E-state index >= 15 is 0 Å². The van der Waals surface area contributed by atoms with E-state index in [2.05, 4.69) is 4.90 Å². The lowest BCUT2D eigenvalue weighted by molar-refractivity contribution is -0.142. The van der Waals surface area contributed by atoms with E-state index in [-0.39, 0.29) is 17.7 Å². The molecule has 25 heavy (non-hydrogen) atoms. The third-order valence-electron chi connectivity index (χ3n) is 5.38. The number of nitrogens with zero attached hydrogens (tertiary/aromatic N) is 2. The summed E-state index contributed by atoms with van der Waals surface area (Å²) in [4.78, 5) is 17.4. The van der Waals surface area contributed by atoms with E-state index in [9.17, 15) is 9.18 Å². The molecule has 0 bridgehead atoms. The summed E-state index contributed by atoms with van der Waals surface area (Å²) in [6.07, 6.45) is 6.23. The van der Waals surface area contributed by atoms with Gasteiger partial charge in [-0.2, -0.15) is 0 Å². The maximum Gasteiger partial charge on any atom is 0.263 e. The molecular weight excluding hydrogens is 319 g/mol. The first-order chi connectivity index (χ1) is 12.1. The van der Waals surface area contributed by atoms with E-state index in [1.165, 1.54) is 38.4 Å². The normalized spacial score (nSPS) is 22.8. The molecule has 0 unspecified atom stereocenters. The van der Waals surface area contributed by atoms with E-state index in [1.807, 2.05) is 4.90 Å². The van der Waals surface area contributed by atoms with Gasteiger partial charge in [-0.15, -0.1) is 0 Å². The summed E-state index contributed by atoms with van der Waals surface area (Å²) in [7, 11) is 0. The van der Waals surface area contributed by atoms with Crippen LogP contribution in [0.15, 0.2) is 24.3 Å². The van der Waals surface area contributed by atoms with Crippen LogP contribution in [0.5, 0.6) is 5.75 Å². The van der Waals surface area contributed by atoms with E-state index in [0.717, 1.165) is 32.4 Å². The Labute approximate surface area is 149 Å². The Morgan fingerprint density at radius 2 is 1.92 bits per heavy atom. The van der Waals surface area contributed by atoms with Gasteiger partial charge in [0.2, 0.25) is 0 Å². The highest BCUT2D eigenvalue weighted by Crippen LogP contribution is 2.24. The number of carbonyl (C=O) groups is 1. The quantitative estimate of drug-likeness (QED) is 0.789. The molecule has 2 heterocycles. The molecular formula is C20H29FN2O2. The zero-order chi connectivity index (χ0) is 17.6. The minimum absolute atomic E-state index is 0.0191. The predicted octanol–water partition coefficient (Wildman–Crippen LogP) is 3.46. The molecule has 3 rings (SSSR count). The van der Waals surface area contributed by atoms with Crippen LogP contribution in [0.1, 0.15) is 45.4 Å². The zero-order valence-electron chi connectivity index (χ0n) is 15.1. The number of hydrogen-bond donors (Lipinski definition) is 0. The molecule has 0 aliphatic carbocycles. The monoisotopic (exact) mass is 348 g/mol. The van der Waals surface area contributed by atoms with Crippen LogP contribution in [-0.4, -0.2) is 54.0 Å². The molecule has 4 nitrogen and oxygen atoms in total. The Bertz CT molecular complexity index is 575. The standard InChI is InChI=1S/C20H29FN2O2/c1-16(25-19-10-3-2-9-18(19)21)20(24)23-14-5-4-8-17(23)11-15-22-12-6-7-13-22/h2-3,9-10,16-17H,4-8,11-15H2,1H3/t16-,17+/m1/s1. The summed E-state index contributed by atoms with van der Waals surface area (Å²) >= 11 is 0. The fourth-order valence-electron chi connectivity index (χ4n) is 3.94. The lowest BCUT2D eigenvalue weighted by Gasteiger charge is -2.38. The third-order valence-corrected chi connectivity index (χ3v) is 5.38. The van der Waals surface area contributed by atoms with Crippen molar-refractivity contribution in [3.63, 3.8) is 0 Å². The highest BCUT2D eigenvalue weighted by molar-refractivity contribution is 5.81. The average molecular weight is 348 g/mol. The van der Waals surface area contributed by atoms with Gasteiger partial charge in [0, 0.05) is 19.1 Å². The van der Waals surface area contributed by atoms with Gasteiger partial charge in [-0.05, 0) is 70.7 Å². The van der Waals surface area contributed by atoms with E-state index < -0.39 is 11.9 Å². The summed E-state index contributed by atoms with van der Waals surface area (Å²) in [5.74, 6) is -0.297. The minimum Gasteiger partial charge on any atom is -0.478 e. The molecule has 2 fully saturated rings. The lowest BCUT2D eigenvalue weighted by Crippen LogP contribution is -2.49. The van der Waals surface area contributed by atoms with Gasteiger partial charge in [0.25, 0.3) is 5.91 Å². The van der Waals surface area contributed by atoms with Gasteiger partial charge in [0.15, 0.2) is 17.7 Å². The van der Waals surface area contributed by atoms with Gasteiger partial charge in [-0.1, -0.05) is 12.1 Å². The lowest BCUT2D eigenvalue weighted by atomic mass is 9.98. The van der Waals surface area contributed by atoms with Crippen molar-refractivity contribution >= 4 is 5.91 Å². The number of carbonyl (C=O) groups excluding carboxylic acids is 1. The molecule has 1 amide bonds. The SMILES string of the molecule is C[C@@H](Oc1ccccc1F)C(=O)N1CCCC[C@H]1CCN1CCCC1. The molecule has 1 aromatic carbocycles. The summed E-state index contributed by atoms with van der Waals surface area (Å²) in [6.45, 7) is 5.95. The maximum atomic E-state index is 13.8. The predicted molar refractivity (Wildman–Crippen MR) is 96.1 cm³/mol. The Balaban J connectivity index is 1.58. The molecule has 5 heteroatoms. The van der Waals surface area contributed by atoms with Gasteiger partial charge in [0.1, 0.15) is 0 Å². The second-order valence-electron chi connectivity index (χ2n) is 7.21. The zero-order valence-corrected chi connectivity index (χ0v) is 15.1. The fraction of sp³-hybridized carbons (Fsp3) is 0.650. The van der Waals surface area contributed by atoms with Crippen LogP contribution in [0, 0.1) is 5.82 Å². The van der Waals surface area contributed by atoms with Gasteiger partial charge in [-0.25, -0.2) is 4.39 Å². The first-order valence-corrected chi connectivity index (χ1v) is 9.59. The maximum absolute atomic E-state index is 13.8. The first-order valence-electron chi connectivity index (χ1n) is 9.59. The van der Waals surface area contributed by atoms with Crippen molar-refractivity contribution in [2.75, 3.05) is 26.2 Å². The molecule has 0 N–H and O–H groups in total. The highest BCUT2D eigenvalue weighted by Gasteiger charge is 2.31. The van der Waals surface area contributed by atoms with Crippen LogP contribution >= 0.6 is 0 Å². The molecule has 2 atom stereocenters. The van der Waals surface area contributed by atoms with Crippen LogP contribution in [-0.2, 0) is 4.79 Å². The molecule has 138 valence electrons. The number of halogens is 1. The number of hydrogen-bond acceptors (Lipinski definition) is 3. The van der Waals surface area contributed by atoms with Crippen LogP contribution < -0.4 is 4.74 Å². The molecule has 0 spiro atoms. The summed E-state index contributed by atoms with van der Waals surface area (Å²) < 4.78 is 19.4. The van der Waals surface area contributed by atoms with E-state index in [1.54, 1.807) is 25.1 Å². The van der Waals surface area contributed by atoms with Gasteiger partial charge in [0.05, 0.1) is 0 Å². The minimum atomic E-state index is -0.663. The van der Waals surface area contributed by atoms with Crippen LogP contribution in [0.4, 0.5) is 4.39 Å². The van der Waals surface area contributed by atoms with Crippen LogP contribution in [0.25, 0.3) is 0 Å². The van der Waals surface area contributed by atoms with Crippen molar-refractivity contribution in [1.29, 1.82) is 0 Å². The van der Waals surface area contributed by atoms with E-state index in [0.29, 0.717) is 0 Å². The molecule has 2 aliphatic heterocycles. The van der Waals surface area contributed by atoms with Crippen molar-refractivity contribution in [1.82, 2.24) is 9.80 Å². The second kappa shape index (κ2) is 8.65. The summed E-state index contributed by atoms with van der Waals surface area (Å²) in [6, 6.07) is 6.55. The van der Waals surface area contributed by atoms with Crippen molar-refractivity contribution < 1.29 is 13.9 Å². The molecule has 0 saturated carbocycles. The van der Waals surface area contributed by atoms with Crippen molar-refractivity contribution in [2.24, 2.45) is 0 Å². The first kappa shape index (κ1) is 18.2. The number of rotatable bonds is 6. The molecule has 0 radical (unpaired) electrons. The summed E-state index contributed by atoms with van der Waals surface area (Å²) in [5.41, 5.74) is 0. The molecule has 2 aliphatic rings. The highest BCUT2D eigenvalue weighted by atomic mass is 19.1. The Hall–Kier alpha value is -1.62. The number of piperidine rings is 1. The van der Waals surface area contributed by atoms with Gasteiger partial charge < -0.3 is 14.5 Å². The van der Waals surface area contributed by atoms with E-state index in [4.69, 9.17) is 4.74 Å². The Kier molecular flexibility index (Phi) is 6.29. The molecule has 2 saturated heterocycles. The Morgan fingerprint density at radius 3 is 2.68 bits per heavy atom. The fourth-order valence-corrected chi connectivity index (χ4v) is 3.94. The number of ether oxygens (including phenoxy) is 1.